The first kappa shape index (κ1) is 20.8. The third kappa shape index (κ3) is 5.54. The SMILES string of the molecule is COC(=O)[C@@H](Cc1ccccc1)NC(=O)COC(=O)c1cc(-c2ccccc2)n[nH]1. The first-order valence-electron chi connectivity index (χ1n) is 9.26. The van der Waals surface area contributed by atoms with Crippen LogP contribution in [-0.4, -0.2) is 47.8 Å². The number of hydrogen-bond donors (Lipinski definition) is 2. The average Bonchev–Trinajstić information content (AvgIpc) is 3.28. The van der Waals surface area contributed by atoms with E-state index in [4.69, 9.17) is 9.47 Å². The Bertz CT molecular complexity index is 1000. The van der Waals surface area contributed by atoms with Gasteiger partial charge >= 0.3 is 11.9 Å². The van der Waals surface area contributed by atoms with Crippen LogP contribution in [-0.2, 0) is 25.5 Å². The maximum atomic E-state index is 12.2. The van der Waals surface area contributed by atoms with Gasteiger partial charge in [0, 0.05) is 12.0 Å². The first-order valence-corrected chi connectivity index (χ1v) is 9.26. The lowest BCUT2D eigenvalue weighted by Gasteiger charge is -2.16. The predicted octanol–water partition coefficient (Wildman–Crippen LogP) is 2.13. The molecule has 1 amide bonds. The Morgan fingerprint density at radius 1 is 1.03 bits per heavy atom. The van der Waals surface area contributed by atoms with E-state index in [1.807, 2.05) is 60.7 Å². The summed E-state index contributed by atoms with van der Waals surface area (Å²) in [5.74, 6) is -1.92. The molecule has 0 fully saturated rings. The van der Waals surface area contributed by atoms with Crippen LogP contribution in [0.25, 0.3) is 11.3 Å². The van der Waals surface area contributed by atoms with E-state index in [1.165, 1.54) is 7.11 Å². The van der Waals surface area contributed by atoms with Gasteiger partial charge in [-0.3, -0.25) is 9.89 Å². The molecular weight excluding hydrogens is 386 g/mol. The van der Waals surface area contributed by atoms with E-state index >= 15 is 0 Å². The van der Waals surface area contributed by atoms with Crippen LogP contribution < -0.4 is 5.32 Å². The number of amides is 1. The summed E-state index contributed by atoms with van der Waals surface area (Å²) in [6, 6.07) is 19.2. The lowest BCUT2D eigenvalue weighted by atomic mass is 10.1. The number of carbonyl (C=O) groups is 3. The summed E-state index contributed by atoms with van der Waals surface area (Å²) >= 11 is 0. The van der Waals surface area contributed by atoms with Crippen molar-refractivity contribution in [1.82, 2.24) is 15.5 Å². The topological polar surface area (TPSA) is 110 Å². The number of nitrogens with one attached hydrogen (secondary N) is 2. The van der Waals surface area contributed by atoms with Crippen molar-refractivity contribution in [2.45, 2.75) is 12.5 Å². The zero-order valence-electron chi connectivity index (χ0n) is 16.3. The summed E-state index contributed by atoms with van der Waals surface area (Å²) in [7, 11) is 1.25. The van der Waals surface area contributed by atoms with Crippen molar-refractivity contribution >= 4 is 17.8 Å². The van der Waals surface area contributed by atoms with Crippen LogP contribution in [0.15, 0.2) is 66.7 Å². The number of hydrogen-bond acceptors (Lipinski definition) is 6. The molecule has 0 radical (unpaired) electrons. The standard InChI is InChI=1S/C22H21N3O5/c1-29-21(27)18(12-15-8-4-2-5-9-15)23-20(26)14-30-22(28)19-13-17(24-25-19)16-10-6-3-7-11-16/h2-11,13,18H,12,14H2,1H3,(H,23,26)(H,24,25)/t18-/m1/s1. The smallest absolute Gasteiger partial charge is 0.356 e. The zero-order valence-corrected chi connectivity index (χ0v) is 16.3. The van der Waals surface area contributed by atoms with Crippen LogP contribution in [0.4, 0.5) is 0 Å². The molecule has 30 heavy (non-hydrogen) atoms. The molecule has 1 heterocycles. The summed E-state index contributed by atoms with van der Waals surface area (Å²) < 4.78 is 9.78. The molecule has 0 spiro atoms. The second-order valence-electron chi connectivity index (χ2n) is 6.44. The molecule has 8 heteroatoms. The van der Waals surface area contributed by atoms with Crippen LogP contribution in [0, 0.1) is 0 Å². The molecular formula is C22H21N3O5. The third-order valence-corrected chi connectivity index (χ3v) is 4.31. The van der Waals surface area contributed by atoms with Crippen LogP contribution >= 0.6 is 0 Å². The highest BCUT2D eigenvalue weighted by atomic mass is 16.5. The van der Waals surface area contributed by atoms with E-state index in [0.29, 0.717) is 5.69 Å². The zero-order chi connectivity index (χ0) is 21.3. The van der Waals surface area contributed by atoms with Gasteiger partial charge in [0.2, 0.25) is 0 Å². The quantitative estimate of drug-likeness (QED) is 0.554. The maximum absolute atomic E-state index is 12.2. The monoisotopic (exact) mass is 407 g/mol. The van der Waals surface area contributed by atoms with Crippen molar-refractivity contribution in [3.8, 4) is 11.3 Å². The van der Waals surface area contributed by atoms with Crippen LogP contribution in [0.1, 0.15) is 16.1 Å². The van der Waals surface area contributed by atoms with Crippen LogP contribution in [0.2, 0.25) is 0 Å². The molecule has 2 aromatic carbocycles. The van der Waals surface area contributed by atoms with Gasteiger partial charge in [0.25, 0.3) is 5.91 Å². The lowest BCUT2D eigenvalue weighted by Crippen LogP contribution is -2.44. The number of aromatic nitrogens is 2. The molecule has 0 aliphatic heterocycles. The Labute approximate surface area is 173 Å². The van der Waals surface area contributed by atoms with Crippen LogP contribution in [0.3, 0.4) is 0 Å². The van der Waals surface area contributed by atoms with Gasteiger partial charge < -0.3 is 14.8 Å². The van der Waals surface area contributed by atoms with Crippen molar-refractivity contribution < 1.29 is 23.9 Å². The summed E-state index contributed by atoms with van der Waals surface area (Å²) in [5, 5.41) is 9.21. The summed E-state index contributed by atoms with van der Waals surface area (Å²) in [6.45, 7) is -0.541. The van der Waals surface area contributed by atoms with Crippen molar-refractivity contribution in [2.75, 3.05) is 13.7 Å². The van der Waals surface area contributed by atoms with Crippen LogP contribution in [0.5, 0.6) is 0 Å². The molecule has 8 nitrogen and oxygen atoms in total. The summed E-state index contributed by atoms with van der Waals surface area (Å²) in [5.41, 5.74) is 2.40. The second kappa shape index (κ2) is 10.0. The van der Waals surface area contributed by atoms with Crippen molar-refractivity contribution in [3.05, 3.63) is 78.0 Å². The minimum Gasteiger partial charge on any atom is -0.467 e. The first-order chi connectivity index (χ1) is 14.6. The van der Waals surface area contributed by atoms with E-state index < -0.39 is 30.5 Å². The molecule has 2 N–H and O–H groups in total. The summed E-state index contributed by atoms with van der Waals surface area (Å²) in [6.07, 6.45) is 0.258. The molecule has 3 aromatic rings. The predicted molar refractivity (Wildman–Crippen MR) is 108 cm³/mol. The number of aromatic amines is 1. The van der Waals surface area contributed by atoms with Gasteiger partial charge in [-0.2, -0.15) is 5.10 Å². The molecule has 0 saturated heterocycles. The molecule has 0 aliphatic rings. The lowest BCUT2D eigenvalue weighted by molar-refractivity contribution is -0.145. The maximum Gasteiger partial charge on any atom is 0.356 e. The molecule has 3 rings (SSSR count). The highest BCUT2D eigenvalue weighted by Gasteiger charge is 2.23. The van der Waals surface area contributed by atoms with E-state index in [9.17, 15) is 14.4 Å². The van der Waals surface area contributed by atoms with Gasteiger partial charge in [0.1, 0.15) is 11.7 Å². The van der Waals surface area contributed by atoms with E-state index in [1.54, 1.807) is 6.07 Å². The molecule has 0 unspecified atom stereocenters. The molecule has 1 aromatic heterocycles. The minimum atomic E-state index is -0.888. The molecule has 1 atom stereocenters. The second-order valence-corrected chi connectivity index (χ2v) is 6.44. The van der Waals surface area contributed by atoms with Gasteiger partial charge in [-0.05, 0) is 11.6 Å². The van der Waals surface area contributed by atoms with Crippen molar-refractivity contribution in [1.29, 1.82) is 0 Å². The number of nitrogens with zero attached hydrogens (tertiary/aromatic N) is 1. The van der Waals surface area contributed by atoms with Gasteiger partial charge in [-0.15, -0.1) is 0 Å². The Balaban J connectivity index is 1.55. The third-order valence-electron chi connectivity index (χ3n) is 4.31. The van der Waals surface area contributed by atoms with Gasteiger partial charge in [0.05, 0.1) is 12.8 Å². The van der Waals surface area contributed by atoms with Crippen molar-refractivity contribution in [3.63, 3.8) is 0 Å². The normalized spacial score (nSPS) is 11.4. The Morgan fingerprint density at radius 3 is 2.37 bits per heavy atom. The fraction of sp³-hybridized carbons (Fsp3) is 0.182. The molecule has 154 valence electrons. The highest BCUT2D eigenvalue weighted by Crippen LogP contribution is 2.17. The van der Waals surface area contributed by atoms with E-state index in [0.717, 1.165) is 11.1 Å². The Morgan fingerprint density at radius 2 is 1.70 bits per heavy atom. The van der Waals surface area contributed by atoms with E-state index in [2.05, 4.69) is 15.5 Å². The number of rotatable bonds is 8. The fourth-order valence-electron chi connectivity index (χ4n) is 2.81. The number of methoxy groups -OCH3 is 1. The number of esters is 2. The summed E-state index contributed by atoms with van der Waals surface area (Å²) in [4.78, 5) is 36.4. The van der Waals surface area contributed by atoms with Gasteiger partial charge in [-0.1, -0.05) is 60.7 Å². The van der Waals surface area contributed by atoms with Crippen molar-refractivity contribution in [2.24, 2.45) is 0 Å². The number of carbonyl (C=O) groups excluding carboxylic acids is 3. The van der Waals surface area contributed by atoms with E-state index in [-0.39, 0.29) is 12.1 Å². The Hall–Kier alpha value is -3.94. The number of H-pyrrole nitrogens is 1. The Kier molecular flexibility index (Phi) is 6.94. The number of benzene rings is 2. The molecule has 0 saturated carbocycles. The van der Waals surface area contributed by atoms with Gasteiger partial charge in [-0.25, -0.2) is 9.59 Å². The minimum absolute atomic E-state index is 0.121. The molecule has 0 aliphatic carbocycles. The fourth-order valence-corrected chi connectivity index (χ4v) is 2.81. The number of ether oxygens (including phenoxy) is 2. The van der Waals surface area contributed by atoms with Gasteiger partial charge in [0.15, 0.2) is 6.61 Å². The largest absolute Gasteiger partial charge is 0.467 e. The average molecular weight is 407 g/mol. The molecule has 0 bridgehead atoms. The highest BCUT2D eigenvalue weighted by molar-refractivity contribution is 5.91.